The molecule has 9 nitrogen and oxygen atoms in total. The van der Waals surface area contributed by atoms with Crippen LogP contribution in [0.25, 0.3) is 0 Å². The summed E-state index contributed by atoms with van der Waals surface area (Å²) in [6.45, 7) is 1.73. The molecule has 1 aliphatic rings. The molecular formula is C21H25NO8S. The van der Waals surface area contributed by atoms with E-state index in [1.165, 1.54) is 6.92 Å². The minimum Gasteiger partial charge on any atom is -0.486 e. The molecule has 0 saturated heterocycles. The van der Waals surface area contributed by atoms with Crippen LogP contribution in [-0.2, 0) is 31.2 Å². The number of alkyl carbamates (subject to hydrolysis) is 1. The highest BCUT2D eigenvalue weighted by atomic mass is 32.2. The minimum absolute atomic E-state index is 0.0124. The summed E-state index contributed by atoms with van der Waals surface area (Å²) in [5, 5.41) is 13.7. The van der Waals surface area contributed by atoms with Crippen LogP contribution in [0.5, 0.6) is 11.5 Å². The van der Waals surface area contributed by atoms with Crippen molar-refractivity contribution in [2.45, 2.75) is 25.2 Å². The van der Waals surface area contributed by atoms with Gasteiger partial charge in [0.15, 0.2) is 11.5 Å². The van der Waals surface area contributed by atoms with Crippen LogP contribution in [0.3, 0.4) is 0 Å². The number of carbonyl (C=O) groups is 1. The summed E-state index contributed by atoms with van der Waals surface area (Å²) < 4.78 is 44.1. The summed E-state index contributed by atoms with van der Waals surface area (Å²) in [5.41, 5.74) is -0.561. The molecule has 2 N–H and O–H groups in total. The third-order valence-electron chi connectivity index (χ3n) is 4.76. The van der Waals surface area contributed by atoms with E-state index in [1.807, 2.05) is 18.2 Å². The number of ether oxygens (including phenoxy) is 3. The van der Waals surface area contributed by atoms with Crippen LogP contribution < -0.4 is 14.8 Å². The summed E-state index contributed by atoms with van der Waals surface area (Å²) in [6.07, 6.45) is 0.0556. The van der Waals surface area contributed by atoms with Gasteiger partial charge >= 0.3 is 6.09 Å². The molecular weight excluding hydrogens is 426 g/mol. The Hall–Kier alpha value is -2.82. The summed E-state index contributed by atoms with van der Waals surface area (Å²) in [6, 6.07) is 12.7. The van der Waals surface area contributed by atoms with E-state index < -0.39 is 34.5 Å². The molecule has 1 amide bonds. The average Bonchev–Trinajstić information content (AvgIpc) is 2.74. The quantitative estimate of drug-likeness (QED) is 0.584. The maximum absolute atomic E-state index is 12.4. The molecule has 0 aromatic heterocycles. The lowest BCUT2D eigenvalue weighted by Gasteiger charge is -2.34. The van der Waals surface area contributed by atoms with Gasteiger partial charge in [0.1, 0.15) is 25.4 Å². The summed E-state index contributed by atoms with van der Waals surface area (Å²) >= 11 is 0. The van der Waals surface area contributed by atoms with E-state index in [9.17, 15) is 18.3 Å². The van der Waals surface area contributed by atoms with E-state index in [1.54, 1.807) is 30.3 Å². The number of benzene rings is 2. The normalized spacial score (nSPS) is 16.1. The Kier molecular flexibility index (Phi) is 7.04. The van der Waals surface area contributed by atoms with E-state index in [4.69, 9.17) is 18.4 Å². The number of fused-ring (bicyclic) bond motifs is 1. The molecule has 1 aliphatic heterocycles. The molecule has 31 heavy (non-hydrogen) atoms. The zero-order valence-corrected chi connectivity index (χ0v) is 18.1. The predicted molar refractivity (Wildman–Crippen MR) is 111 cm³/mol. The Labute approximate surface area is 181 Å². The molecule has 1 unspecified atom stereocenters. The minimum atomic E-state index is -3.81. The highest BCUT2D eigenvalue weighted by Crippen LogP contribution is 2.35. The first-order chi connectivity index (χ1) is 14.6. The second kappa shape index (κ2) is 9.54. The third-order valence-corrected chi connectivity index (χ3v) is 5.32. The van der Waals surface area contributed by atoms with Gasteiger partial charge in [-0.25, -0.2) is 4.79 Å². The van der Waals surface area contributed by atoms with Crippen molar-refractivity contribution in [2.75, 3.05) is 26.1 Å². The Balaban J connectivity index is 1.77. The molecule has 3 rings (SSSR count). The first kappa shape index (κ1) is 22.9. The number of nitrogens with one attached hydrogen (secondary N) is 1. The second-order valence-electron chi connectivity index (χ2n) is 7.25. The van der Waals surface area contributed by atoms with Crippen LogP contribution in [0.2, 0.25) is 0 Å². The van der Waals surface area contributed by atoms with Crippen LogP contribution in [0, 0.1) is 0 Å². The van der Waals surface area contributed by atoms with Crippen LogP contribution in [-0.4, -0.2) is 51.7 Å². The largest absolute Gasteiger partial charge is 0.486 e. The summed E-state index contributed by atoms with van der Waals surface area (Å²) in [4.78, 5) is 12.4. The molecule has 10 heteroatoms. The number of amides is 1. The molecule has 168 valence electrons. The molecule has 1 heterocycles. The van der Waals surface area contributed by atoms with Crippen molar-refractivity contribution >= 4 is 16.2 Å². The molecule has 0 saturated carbocycles. The molecule has 0 fully saturated rings. The van der Waals surface area contributed by atoms with Gasteiger partial charge in [-0.1, -0.05) is 36.4 Å². The maximum Gasteiger partial charge on any atom is 0.407 e. The summed E-state index contributed by atoms with van der Waals surface area (Å²) in [5.74, 6) is 0.975. The lowest BCUT2D eigenvalue weighted by molar-refractivity contribution is -0.00237. The van der Waals surface area contributed by atoms with Crippen molar-refractivity contribution in [3.8, 4) is 11.5 Å². The van der Waals surface area contributed by atoms with Crippen molar-refractivity contribution < 1.29 is 36.7 Å². The molecule has 0 aliphatic carbocycles. The highest BCUT2D eigenvalue weighted by molar-refractivity contribution is 7.85. The Morgan fingerprint density at radius 3 is 2.52 bits per heavy atom. The first-order valence-electron chi connectivity index (χ1n) is 9.59. The van der Waals surface area contributed by atoms with Crippen LogP contribution in [0.1, 0.15) is 18.1 Å². The molecule has 2 atom stereocenters. The fraction of sp³-hybridized carbons (Fsp3) is 0.381. The van der Waals surface area contributed by atoms with E-state index in [-0.39, 0.29) is 6.61 Å². The smallest absolute Gasteiger partial charge is 0.407 e. The topological polar surface area (TPSA) is 120 Å². The van der Waals surface area contributed by atoms with Crippen molar-refractivity contribution in [3.05, 3.63) is 59.7 Å². The Morgan fingerprint density at radius 1 is 1.16 bits per heavy atom. The monoisotopic (exact) mass is 451 g/mol. The predicted octanol–water partition coefficient (Wildman–Crippen LogP) is 1.94. The molecule has 0 spiro atoms. The van der Waals surface area contributed by atoms with Gasteiger partial charge in [-0.2, -0.15) is 8.42 Å². The summed E-state index contributed by atoms with van der Waals surface area (Å²) in [7, 11) is -3.81. The molecule has 2 aromatic rings. The van der Waals surface area contributed by atoms with Crippen LogP contribution in [0.4, 0.5) is 4.79 Å². The van der Waals surface area contributed by atoms with Crippen molar-refractivity contribution in [1.82, 2.24) is 5.32 Å². The van der Waals surface area contributed by atoms with Gasteiger partial charge in [0.25, 0.3) is 10.1 Å². The molecule has 0 bridgehead atoms. The van der Waals surface area contributed by atoms with Crippen LogP contribution >= 0.6 is 0 Å². The second-order valence-corrected chi connectivity index (χ2v) is 8.90. The van der Waals surface area contributed by atoms with Gasteiger partial charge in [-0.3, -0.25) is 4.18 Å². The van der Waals surface area contributed by atoms with Crippen molar-refractivity contribution in [3.63, 3.8) is 0 Å². The molecule has 0 radical (unpaired) electrons. The maximum atomic E-state index is 12.4. The average molecular weight is 451 g/mol. The fourth-order valence-corrected chi connectivity index (χ4v) is 3.39. The number of hydrogen-bond acceptors (Lipinski definition) is 8. The van der Waals surface area contributed by atoms with Gasteiger partial charge in [0, 0.05) is 0 Å². The highest BCUT2D eigenvalue weighted by Gasteiger charge is 2.37. The SMILES string of the molecule is CC(O)(c1ccc2c(c1)OCCO2)[C@@H](COS(C)(=O)=O)NC(=O)OCc1ccccc1. The Morgan fingerprint density at radius 2 is 1.84 bits per heavy atom. The van der Waals surface area contributed by atoms with Crippen molar-refractivity contribution in [2.24, 2.45) is 0 Å². The standard InChI is InChI=1S/C21H25NO8S/c1-21(24,16-8-9-17-18(12-16)28-11-10-27-17)19(14-30-31(2,25)26)22-20(23)29-13-15-6-4-3-5-7-15/h3-9,12,19,24H,10-11,13-14H2,1-2H3,(H,22,23)/t19-,21?/m1/s1. The van der Waals surface area contributed by atoms with Gasteiger partial charge in [-0.15, -0.1) is 0 Å². The zero-order valence-electron chi connectivity index (χ0n) is 17.2. The fourth-order valence-electron chi connectivity index (χ4n) is 3.00. The third kappa shape index (κ3) is 6.33. The van der Waals surface area contributed by atoms with Gasteiger partial charge in [0.2, 0.25) is 0 Å². The number of hydrogen-bond donors (Lipinski definition) is 2. The van der Waals surface area contributed by atoms with E-state index in [0.29, 0.717) is 30.3 Å². The van der Waals surface area contributed by atoms with E-state index >= 15 is 0 Å². The first-order valence-corrected chi connectivity index (χ1v) is 11.4. The van der Waals surface area contributed by atoms with Crippen molar-refractivity contribution in [1.29, 1.82) is 0 Å². The lowest BCUT2D eigenvalue weighted by Crippen LogP contribution is -2.52. The zero-order chi connectivity index (χ0) is 22.5. The van der Waals surface area contributed by atoms with E-state index in [2.05, 4.69) is 5.32 Å². The molecule has 2 aromatic carbocycles. The van der Waals surface area contributed by atoms with Gasteiger partial charge < -0.3 is 24.6 Å². The number of carbonyl (C=O) groups excluding carboxylic acids is 1. The Bertz CT molecular complexity index is 1010. The number of rotatable bonds is 8. The van der Waals surface area contributed by atoms with Gasteiger partial charge in [0.05, 0.1) is 18.9 Å². The van der Waals surface area contributed by atoms with Crippen LogP contribution in [0.15, 0.2) is 48.5 Å². The number of aliphatic hydroxyl groups is 1. The van der Waals surface area contributed by atoms with Gasteiger partial charge in [-0.05, 0) is 30.2 Å². The van der Waals surface area contributed by atoms with E-state index in [0.717, 1.165) is 11.8 Å². The lowest BCUT2D eigenvalue weighted by atomic mass is 9.88.